The van der Waals surface area contributed by atoms with Crippen LogP contribution in [0.1, 0.15) is 42.8 Å². The first kappa shape index (κ1) is 15.6. The molecule has 0 aliphatic carbocycles. The van der Waals surface area contributed by atoms with Crippen molar-refractivity contribution in [1.29, 1.82) is 0 Å². The van der Waals surface area contributed by atoms with Gasteiger partial charge in [0.2, 0.25) is 0 Å². The molecule has 0 aromatic heterocycles. The van der Waals surface area contributed by atoms with E-state index in [4.69, 9.17) is 11.6 Å². The first-order valence-corrected chi connectivity index (χ1v) is 4.75. The van der Waals surface area contributed by atoms with E-state index in [0.717, 1.165) is 11.1 Å². The van der Waals surface area contributed by atoms with Crippen LogP contribution in [-0.4, -0.2) is 5.24 Å². The molecule has 14 heavy (non-hydrogen) atoms. The van der Waals surface area contributed by atoms with Crippen LogP contribution in [-0.2, 0) is 0 Å². The summed E-state index contributed by atoms with van der Waals surface area (Å²) in [5, 5.41) is -0.392. The number of halogens is 1. The van der Waals surface area contributed by atoms with Crippen molar-refractivity contribution in [2.45, 2.75) is 35.1 Å². The molecule has 0 spiro atoms. The van der Waals surface area contributed by atoms with Crippen LogP contribution in [0.4, 0.5) is 0 Å². The minimum Gasteiger partial charge on any atom is -0.276 e. The average molecular weight is 215 g/mol. The van der Waals surface area contributed by atoms with E-state index in [-0.39, 0.29) is 7.43 Å². The second-order valence-corrected chi connectivity index (χ2v) is 2.99. The summed E-state index contributed by atoms with van der Waals surface area (Å²) in [7, 11) is 0. The van der Waals surface area contributed by atoms with Crippen molar-refractivity contribution in [1.82, 2.24) is 0 Å². The molecule has 0 heterocycles. The van der Waals surface area contributed by atoms with E-state index < -0.39 is 5.24 Å². The standard InChI is InChI=1S/C9H9ClO.C2H6.CH4/c1-6-3-7(2)5-8(4-6)9(10)11;1-2;/h3-5H,1-2H3;1-2H3;1H4. The molecular formula is C12H19ClO. The van der Waals surface area contributed by atoms with Gasteiger partial charge in [-0.3, -0.25) is 4.79 Å². The van der Waals surface area contributed by atoms with Crippen LogP contribution in [0.5, 0.6) is 0 Å². The minimum absolute atomic E-state index is 0. The molecule has 1 aromatic rings. The van der Waals surface area contributed by atoms with Crippen molar-refractivity contribution >= 4 is 16.8 Å². The Hall–Kier alpha value is -0.820. The molecule has 0 unspecified atom stereocenters. The Bertz CT molecular complexity index is 272. The van der Waals surface area contributed by atoms with Crippen LogP contribution in [0.25, 0.3) is 0 Å². The van der Waals surface area contributed by atoms with Gasteiger partial charge in [0.1, 0.15) is 0 Å². The maximum Gasteiger partial charge on any atom is 0.252 e. The van der Waals surface area contributed by atoms with Gasteiger partial charge in [0.15, 0.2) is 0 Å². The molecule has 0 amide bonds. The van der Waals surface area contributed by atoms with Crippen molar-refractivity contribution in [3.8, 4) is 0 Å². The molecule has 0 saturated heterocycles. The Morgan fingerprint density at radius 2 is 1.43 bits per heavy atom. The fourth-order valence-corrected chi connectivity index (χ4v) is 1.20. The third-order valence-electron chi connectivity index (χ3n) is 1.45. The molecule has 0 aliphatic rings. The normalized spacial score (nSPS) is 8.07. The van der Waals surface area contributed by atoms with Crippen LogP contribution in [0.15, 0.2) is 18.2 Å². The molecule has 0 N–H and O–H groups in total. The summed E-state index contributed by atoms with van der Waals surface area (Å²) in [5.74, 6) is 0. The van der Waals surface area contributed by atoms with Crippen LogP contribution >= 0.6 is 11.6 Å². The summed E-state index contributed by atoms with van der Waals surface area (Å²) in [5.41, 5.74) is 2.70. The van der Waals surface area contributed by atoms with E-state index in [0.29, 0.717) is 5.56 Å². The van der Waals surface area contributed by atoms with Gasteiger partial charge in [0.05, 0.1) is 0 Å². The molecule has 0 radical (unpaired) electrons. The average Bonchev–Trinajstić information content (AvgIpc) is 2.06. The van der Waals surface area contributed by atoms with Crippen molar-refractivity contribution < 1.29 is 4.79 Å². The highest BCUT2D eigenvalue weighted by Crippen LogP contribution is 2.10. The highest BCUT2D eigenvalue weighted by molar-refractivity contribution is 6.67. The smallest absolute Gasteiger partial charge is 0.252 e. The van der Waals surface area contributed by atoms with Gasteiger partial charge in [0.25, 0.3) is 5.24 Å². The number of benzene rings is 1. The van der Waals surface area contributed by atoms with Gasteiger partial charge in [-0.2, -0.15) is 0 Å². The quantitative estimate of drug-likeness (QED) is 0.636. The van der Waals surface area contributed by atoms with Crippen molar-refractivity contribution in [2.24, 2.45) is 0 Å². The third-order valence-corrected chi connectivity index (χ3v) is 1.67. The molecule has 2 heteroatoms. The predicted octanol–water partition coefficient (Wildman–Crippen LogP) is 4.34. The Morgan fingerprint density at radius 3 is 1.71 bits per heavy atom. The number of rotatable bonds is 1. The van der Waals surface area contributed by atoms with Crippen LogP contribution in [0.3, 0.4) is 0 Å². The first-order chi connectivity index (χ1) is 6.09. The van der Waals surface area contributed by atoms with Crippen molar-refractivity contribution in [3.63, 3.8) is 0 Å². The highest BCUT2D eigenvalue weighted by Gasteiger charge is 2.01. The Labute approximate surface area is 92.1 Å². The van der Waals surface area contributed by atoms with E-state index in [1.807, 2.05) is 33.8 Å². The maximum absolute atomic E-state index is 10.7. The number of carbonyl (C=O) groups excluding carboxylic acids is 1. The molecule has 0 fully saturated rings. The molecule has 1 aromatic carbocycles. The zero-order chi connectivity index (χ0) is 10.4. The largest absolute Gasteiger partial charge is 0.276 e. The number of aryl methyl sites for hydroxylation is 2. The van der Waals surface area contributed by atoms with Crippen molar-refractivity contribution in [2.75, 3.05) is 0 Å². The second-order valence-electron chi connectivity index (χ2n) is 2.65. The van der Waals surface area contributed by atoms with Gasteiger partial charge < -0.3 is 0 Å². The van der Waals surface area contributed by atoms with E-state index in [2.05, 4.69) is 0 Å². The van der Waals surface area contributed by atoms with E-state index in [1.54, 1.807) is 12.1 Å². The van der Waals surface area contributed by atoms with Crippen molar-refractivity contribution in [3.05, 3.63) is 34.9 Å². The molecule has 0 aliphatic heterocycles. The lowest BCUT2D eigenvalue weighted by Gasteiger charge is -1.98. The summed E-state index contributed by atoms with van der Waals surface area (Å²) < 4.78 is 0. The minimum atomic E-state index is -0.392. The lowest BCUT2D eigenvalue weighted by Crippen LogP contribution is -1.90. The van der Waals surface area contributed by atoms with Crippen LogP contribution in [0, 0.1) is 13.8 Å². The van der Waals surface area contributed by atoms with Gasteiger partial charge in [-0.1, -0.05) is 38.5 Å². The summed E-state index contributed by atoms with van der Waals surface area (Å²) in [6.45, 7) is 7.88. The van der Waals surface area contributed by atoms with E-state index in [9.17, 15) is 4.79 Å². The molecule has 0 atom stereocenters. The fraction of sp³-hybridized carbons (Fsp3) is 0.417. The zero-order valence-corrected chi connectivity index (χ0v) is 9.27. The lowest BCUT2D eigenvalue weighted by atomic mass is 10.1. The lowest BCUT2D eigenvalue weighted by molar-refractivity contribution is 0.108. The van der Waals surface area contributed by atoms with Crippen LogP contribution < -0.4 is 0 Å². The monoisotopic (exact) mass is 214 g/mol. The molecule has 1 rings (SSSR count). The topological polar surface area (TPSA) is 17.1 Å². The molecule has 80 valence electrons. The maximum atomic E-state index is 10.7. The van der Waals surface area contributed by atoms with Crippen LogP contribution in [0.2, 0.25) is 0 Å². The highest BCUT2D eigenvalue weighted by atomic mass is 35.5. The van der Waals surface area contributed by atoms with Gasteiger partial charge in [-0.15, -0.1) is 0 Å². The van der Waals surface area contributed by atoms with E-state index >= 15 is 0 Å². The predicted molar refractivity (Wildman–Crippen MR) is 64.2 cm³/mol. The van der Waals surface area contributed by atoms with Gasteiger partial charge >= 0.3 is 0 Å². The Balaban J connectivity index is 0. The summed E-state index contributed by atoms with van der Waals surface area (Å²) in [4.78, 5) is 10.7. The van der Waals surface area contributed by atoms with E-state index in [1.165, 1.54) is 0 Å². The molecule has 0 saturated carbocycles. The number of hydrogen-bond acceptors (Lipinski definition) is 1. The van der Waals surface area contributed by atoms with Gasteiger partial charge in [0, 0.05) is 5.56 Å². The zero-order valence-electron chi connectivity index (χ0n) is 8.52. The van der Waals surface area contributed by atoms with Gasteiger partial charge in [-0.05, 0) is 37.6 Å². The van der Waals surface area contributed by atoms with Gasteiger partial charge in [-0.25, -0.2) is 0 Å². The molecular weight excluding hydrogens is 196 g/mol. The summed E-state index contributed by atoms with van der Waals surface area (Å²) in [6, 6.07) is 5.56. The summed E-state index contributed by atoms with van der Waals surface area (Å²) >= 11 is 5.31. The summed E-state index contributed by atoms with van der Waals surface area (Å²) in [6.07, 6.45) is 0. The third kappa shape index (κ3) is 5.03. The Kier molecular flexibility index (Phi) is 8.46. The fourth-order valence-electron chi connectivity index (χ4n) is 1.09. The Morgan fingerprint density at radius 1 is 1.07 bits per heavy atom. The molecule has 0 bridgehead atoms. The second kappa shape index (κ2) is 7.57. The SMILES string of the molecule is C.CC.Cc1cc(C)cc(C(=O)Cl)c1. The first-order valence-electron chi connectivity index (χ1n) is 4.38. The number of carbonyl (C=O) groups is 1. The number of hydrogen-bond donors (Lipinski definition) is 0. The molecule has 1 nitrogen and oxygen atoms in total.